The van der Waals surface area contributed by atoms with Crippen LogP contribution in [0, 0.1) is 0 Å². The van der Waals surface area contributed by atoms with Crippen LogP contribution in [-0.4, -0.2) is 58.1 Å². The van der Waals surface area contributed by atoms with E-state index in [4.69, 9.17) is 19.3 Å². The van der Waals surface area contributed by atoms with Gasteiger partial charge in [-0.2, -0.15) is 5.10 Å². The van der Waals surface area contributed by atoms with Crippen LogP contribution in [0.3, 0.4) is 0 Å². The average molecular weight is 438 g/mol. The monoisotopic (exact) mass is 437 g/mol. The van der Waals surface area contributed by atoms with E-state index in [9.17, 15) is 0 Å². The average Bonchev–Trinajstić information content (AvgIpc) is 3.20. The molecule has 1 aliphatic heterocycles. The van der Waals surface area contributed by atoms with E-state index in [2.05, 4.69) is 27.9 Å². The summed E-state index contributed by atoms with van der Waals surface area (Å²) in [5.74, 6) is 2.37. The third kappa shape index (κ3) is 5.44. The minimum Gasteiger partial charge on any atom is -0.493 e. The van der Waals surface area contributed by atoms with E-state index in [1.165, 1.54) is 0 Å². The van der Waals surface area contributed by atoms with Crippen LogP contribution in [0.15, 0.2) is 42.7 Å². The first-order valence-electron chi connectivity index (χ1n) is 11.1. The minimum atomic E-state index is -0.0466. The molecule has 2 aromatic heterocycles. The summed E-state index contributed by atoms with van der Waals surface area (Å²) >= 11 is 0. The summed E-state index contributed by atoms with van der Waals surface area (Å²) in [6.07, 6.45) is 5.41. The summed E-state index contributed by atoms with van der Waals surface area (Å²) in [5, 5.41) is 4.72. The molecule has 0 amide bonds. The van der Waals surface area contributed by atoms with Crippen LogP contribution in [0.4, 0.5) is 0 Å². The van der Waals surface area contributed by atoms with Crippen LogP contribution in [0.5, 0.6) is 11.5 Å². The van der Waals surface area contributed by atoms with Crippen LogP contribution < -0.4 is 9.47 Å². The molecule has 1 aromatic carbocycles. The topological polar surface area (TPSA) is 74.5 Å². The molecule has 0 bridgehead atoms. The molecule has 1 aliphatic rings. The second kappa shape index (κ2) is 10.6. The van der Waals surface area contributed by atoms with Crippen molar-refractivity contribution in [2.75, 3.05) is 33.4 Å². The Bertz CT molecular complexity index is 1010. The van der Waals surface area contributed by atoms with Gasteiger partial charge in [0.05, 0.1) is 26.0 Å². The van der Waals surface area contributed by atoms with Crippen molar-refractivity contribution in [1.29, 1.82) is 0 Å². The normalized spacial score (nSPS) is 16.8. The summed E-state index contributed by atoms with van der Waals surface area (Å²) in [6.45, 7) is 5.79. The van der Waals surface area contributed by atoms with Gasteiger partial charge in [0.25, 0.3) is 0 Å². The fourth-order valence-corrected chi connectivity index (χ4v) is 3.85. The molecule has 1 fully saturated rings. The lowest BCUT2D eigenvalue weighted by Crippen LogP contribution is -2.38. The molecule has 0 spiro atoms. The highest BCUT2D eigenvalue weighted by Gasteiger charge is 2.25. The van der Waals surface area contributed by atoms with Crippen molar-refractivity contribution in [3.05, 3.63) is 65.5 Å². The molecule has 0 N–H and O–H groups in total. The Morgan fingerprint density at radius 2 is 1.94 bits per heavy atom. The highest BCUT2D eigenvalue weighted by atomic mass is 16.5. The van der Waals surface area contributed by atoms with Crippen molar-refractivity contribution in [2.24, 2.45) is 7.05 Å². The zero-order valence-electron chi connectivity index (χ0n) is 19.0. The lowest BCUT2D eigenvalue weighted by Gasteiger charge is -2.32. The summed E-state index contributed by atoms with van der Waals surface area (Å²) < 4.78 is 19.2. The second-order valence-corrected chi connectivity index (χ2v) is 7.89. The van der Waals surface area contributed by atoms with Gasteiger partial charge in [0.1, 0.15) is 11.9 Å². The smallest absolute Gasteiger partial charge is 0.161 e. The molecule has 170 valence electrons. The Kier molecular flexibility index (Phi) is 7.34. The van der Waals surface area contributed by atoms with Crippen LogP contribution in [0.25, 0.3) is 0 Å². The number of nitrogens with zero attached hydrogens (tertiary/aromatic N) is 5. The maximum Gasteiger partial charge on any atom is 0.161 e. The third-order valence-electron chi connectivity index (χ3n) is 5.64. The predicted molar refractivity (Wildman–Crippen MR) is 121 cm³/mol. The Morgan fingerprint density at radius 3 is 2.69 bits per heavy atom. The SMILES string of the molecule is CCc1ncc(CN2CCO[C@H](c3cc(CCOc4ccccc4OC)n(C)n3)C2)cn1. The Morgan fingerprint density at radius 1 is 1.16 bits per heavy atom. The lowest BCUT2D eigenvalue weighted by molar-refractivity contribution is -0.0352. The van der Waals surface area contributed by atoms with Gasteiger partial charge in [0.2, 0.25) is 0 Å². The predicted octanol–water partition coefficient (Wildman–Crippen LogP) is 2.98. The molecule has 0 radical (unpaired) electrons. The number of hydrogen-bond acceptors (Lipinski definition) is 7. The number of benzene rings is 1. The maximum atomic E-state index is 6.04. The van der Waals surface area contributed by atoms with E-state index >= 15 is 0 Å². The highest BCUT2D eigenvalue weighted by molar-refractivity contribution is 5.39. The zero-order valence-corrected chi connectivity index (χ0v) is 19.0. The molecule has 3 aromatic rings. The Hall–Kier alpha value is -2.97. The quantitative estimate of drug-likeness (QED) is 0.509. The summed E-state index contributed by atoms with van der Waals surface area (Å²) in [4.78, 5) is 11.2. The highest BCUT2D eigenvalue weighted by Crippen LogP contribution is 2.26. The molecule has 0 unspecified atom stereocenters. The molecule has 32 heavy (non-hydrogen) atoms. The van der Waals surface area contributed by atoms with Crippen molar-refractivity contribution in [1.82, 2.24) is 24.6 Å². The van der Waals surface area contributed by atoms with E-state index in [1.54, 1.807) is 7.11 Å². The van der Waals surface area contributed by atoms with E-state index in [0.717, 1.165) is 66.8 Å². The van der Waals surface area contributed by atoms with Crippen molar-refractivity contribution >= 4 is 0 Å². The van der Waals surface area contributed by atoms with Gasteiger partial charge in [-0.15, -0.1) is 0 Å². The number of rotatable bonds is 9. The van der Waals surface area contributed by atoms with Gasteiger partial charge in [-0.25, -0.2) is 9.97 Å². The van der Waals surface area contributed by atoms with Gasteiger partial charge in [-0.05, 0) is 18.2 Å². The Labute approximate surface area is 189 Å². The molecule has 3 heterocycles. The van der Waals surface area contributed by atoms with Crippen molar-refractivity contribution < 1.29 is 14.2 Å². The summed E-state index contributed by atoms with van der Waals surface area (Å²) in [7, 11) is 3.62. The first-order valence-corrected chi connectivity index (χ1v) is 11.1. The van der Waals surface area contributed by atoms with Gasteiger partial charge in [-0.3, -0.25) is 9.58 Å². The molecule has 1 saturated heterocycles. The Balaban J connectivity index is 1.34. The van der Waals surface area contributed by atoms with Crippen LogP contribution >= 0.6 is 0 Å². The summed E-state index contributed by atoms with van der Waals surface area (Å²) in [6, 6.07) is 9.81. The number of hydrogen-bond donors (Lipinski definition) is 0. The first kappa shape index (κ1) is 22.2. The number of aryl methyl sites for hydroxylation is 2. The first-order chi connectivity index (χ1) is 15.7. The van der Waals surface area contributed by atoms with Gasteiger partial charge in [0.15, 0.2) is 11.5 Å². The van der Waals surface area contributed by atoms with Crippen LogP contribution in [-0.2, 0) is 31.2 Å². The van der Waals surface area contributed by atoms with Crippen molar-refractivity contribution in [3.8, 4) is 11.5 Å². The molecule has 1 atom stereocenters. The molecule has 0 saturated carbocycles. The van der Waals surface area contributed by atoms with Crippen LogP contribution in [0.2, 0.25) is 0 Å². The molecular weight excluding hydrogens is 406 g/mol. The number of aromatic nitrogens is 4. The van der Waals surface area contributed by atoms with E-state index in [-0.39, 0.29) is 6.10 Å². The fourth-order valence-electron chi connectivity index (χ4n) is 3.85. The van der Waals surface area contributed by atoms with Crippen molar-refractivity contribution in [2.45, 2.75) is 32.4 Å². The molecule has 4 rings (SSSR count). The summed E-state index contributed by atoms with van der Waals surface area (Å²) in [5.41, 5.74) is 3.19. The maximum absolute atomic E-state index is 6.04. The van der Waals surface area contributed by atoms with E-state index < -0.39 is 0 Å². The van der Waals surface area contributed by atoms with Gasteiger partial charge >= 0.3 is 0 Å². The zero-order chi connectivity index (χ0) is 22.3. The van der Waals surface area contributed by atoms with Gasteiger partial charge < -0.3 is 14.2 Å². The van der Waals surface area contributed by atoms with Crippen LogP contribution in [0.1, 0.15) is 35.8 Å². The number of morpholine rings is 1. The second-order valence-electron chi connectivity index (χ2n) is 7.89. The van der Waals surface area contributed by atoms with Crippen molar-refractivity contribution in [3.63, 3.8) is 0 Å². The third-order valence-corrected chi connectivity index (χ3v) is 5.64. The molecule has 8 heteroatoms. The molecule has 0 aliphatic carbocycles. The van der Waals surface area contributed by atoms with Gasteiger partial charge in [-0.1, -0.05) is 19.1 Å². The number of methoxy groups -OCH3 is 1. The lowest BCUT2D eigenvalue weighted by atomic mass is 10.1. The van der Waals surface area contributed by atoms with E-state index in [1.807, 2.05) is 48.4 Å². The molecule has 8 nitrogen and oxygen atoms in total. The largest absolute Gasteiger partial charge is 0.493 e. The number of para-hydroxylation sites is 2. The standard InChI is InChI=1S/C24H31N5O3/c1-4-24-25-14-18(15-26-24)16-29-10-12-32-23(17-29)20-13-19(28(2)27-20)9-11-31-22-8-6-5-7-21(22)30-3/h5-8,13-15,23H,4,9-12,16-17H2,1-3H3/t23-/m0/s1. The number of ether oxygens (including phenoxy) is 3. The van der Waals surface area contributed by atoms with Gasteiger partial charge in [0, 0.05) is 63.2 Å². The fraction of sp³-hybridized carbons (Fsp3) is 0.458. The molecular formula is C24H31N5O3. The minimum absolute atomic E-state index is 0.0466. The van der Waals surface area contributed by atoms with E-state index in [0.29, 0.717) is 13.2 Å².